The zero-order valence-electron chi connectivity index (χ0n) is 10.4. The highest BCUT2D eigenvalue weighted by molar-refractivity contribution is 7.11. The Morgan fingerprint density at radius 2 is 2.12 bits per heavy atom. The number of nitrogens with two attached hydrogens (primary N) is 1. The number of nitrogen functional groups attached to an aromatic ring is 1. The summed E-state index contributed by atoms with van der Waals surface area (Å²) in [6.07, 6.45) is 1.11. The zero-order valence-corrected chi connectivity index (χ0v) is 11.2. The number of hydrogen-bond donors (Lipinski definition) is 2. The van der Waals surface area contributed by atoms with Gasteiger partial charge in [0.2, 0.25) is 0 Å². The second-order valence-corrected chi connectivity index (χ2v) is 5.11. The van der Waals surface area contributed by atoms with Gasteiger partial charge in [-0.25, -0.2) is 0 Å². The Morgan fingerprint density at radius 3 is 2.69 bits per heavy atom. The van der Waals surface area contributed by atoms with Gasteiger partial charge in [-0.15, -0.1) is 0 Å². The predicted molar refractivity (Wildman–Crippen MR) is 70.2 cm³/mol. The Kier molecular flexibility index (Phi) is 4.86. The largest absolute Gasteiger partial charge is 0.487 e. The van der Waals surface area contributed by atoms with Crippen molar-refractivity contribution in [3.05, 3.63) is 0 Å². The number of hydrogen-bond acceptors (Lipinski definition) is 5. The highest BCUT2D eigenvalue weighted by atomic mass is 32.1. The van der Waals surface area contributed by atoms with Gasteiger partial charge in [-0.3, -0.25) is 0 Å². The molecule has 0 radical (unpaired) electrons. The number of nitrogens with one attached hydrogen (secondary N) is 1. The molecule has 1 aromatic heterocycles. The Balaban J connectivity index is 2.65. The summed E-state index contributed by atoms with van der Waals surface area (Å²) < 4.78 is 9.57. The van der Waals surface area contributed by atoms with Gasteiger partial charge in [0.1, 0.15) is 0 Å². The van der Waals surface area contributed by atoms with Crippen LogP contribution in [0.4, 0.5) is 10.8 Å². The van der Waals surface area contributed by atoms with Crippen molar-refractivity contribution in [1.82, 2.24) is 4.37 Å². The van der Waals surface area contributed by atoms with Crippen LogP contribution in [0.15, 0.2) is 0 Å². The Bertz CT molecular complexity index is 325. The number of rotatable bonds is 6. The van der Waals surface area contributed by atoms with E-state index in [9.17, 15) is 0 Å². The van der Waals surface area contributed by atoms with Crippen LogP contribution < -0.4 is 15.8 Å². The van der Waals surface area contributed by atoms with Crippen LogP contribution >= 0.6 is 11.5 Å². The third-order valence-electron chi connectivity index (χ3n) is 2.17. The van der Waals surface area contributed by atoms with E-state index >= 15 is 0 Å². The van der Waals surface area contributed by atoms with E-state index in [1.165, 1.54) is 11.5 Å². The van der Waals surface area contributed by atoms with E-state index < -0.39 is 0 Å². The summed E-state index contributed by atoms with van der Waals surface area (Å²) >= 11 is 1.36. The van der Waals surface area contributed by atoms with E-state index in [0.29, 0.717) is 30.1 Å². The van der Waals surface area contributed by atoms with Crippen LogP contribution in [0.25, 0.3) is 0 Å². The quantitative estimate of drug-likeness (QED) is 0.806. The van der Waals surface area contributed by atoms with Crippen LogP contribution in [0.5, 0.6) is 5.75 Å². The van der Waals surface area contributed by atoms with Gasteiger partial charge in [-0.2, -0.15) is 4.37 Å². The predicted octanol–water partition coefficient (Wildman–Crippen LogP) is 2.97. The highest BCUT2D eigenvalue weighted by Gasteiger charge is 2.15. The van der Waals surface area contributed by atoms with Crippen molar-refractivity contribution in [3.8, 4) is 5.75 Å². The van der Waals surface area contributed by atoms with Crippen molar-refractivity contribution in [2.24, 2.45) is 5.92 Å². The lowest BCUT2D eigenvalue weighted by atomic mass is 10.1. The minimum Gasteiger partial charge on any atom is -0.487 e. The average molecular weight is 243 g/mol. The molecule has 0 aliphatic heterocycles. The Morgan fingerprint density at radius 1 is 1.44 bits per heavy atom. The summed E-state index contributed by atoms with van der Waals surface area (Å²) in [7, 11) is 0. The zero-order chi connectivity index (χ0) is 12.1. The first-order valence-corrected chi connectivity index (χ1v) is 6.46. The molecule has 0 bridgehead atoms. The highest BCUT2D eigenvalue weighted by Crippen LogP contribution is 2.35. The molecular formula is C11H21N3OS. The Labute approximate surface area is 101 Å². The Hall–Kier alpha value is -0.970. The van der Waals surface area contributed by atoms with Crippen LogP contribution in [0.2, 0.25) is 0 Å². The van der Waals surface area contributed by atoms with E-state index in [0.717, 1.165) is 11.4 Å². The summed E-state index contributed by atoms with van der Waals surface area (Å²) in [5.74, 6) is 1.84. The van der Waals surface area contributed by atoms with Gasteiger partial charge in [-0.05, 0) is 37.7 Å². The van der Waals surface area contributed by atoms with E-state index in [1.807, 2.05) is 6.92 Å². The molecule has 1 heterocycles. The lowest BCUT2D eigenvalue weighted by Crippen LogP contribution is -2.17. The third-order valence-corrected chi connectivity index (χ3v) is 2.94. The molecule has 0 aromatic carbocycles. The van der Waals surface area contributed by atoms with Gasteiger partial charge in [0, 0.05) is 6.04 Å². The van der Waals surface area contributed by atoms with E-state index in [-0.39, 0.29) is 0 Å². The van der Waals surface area contributed by atoms with Gasteiger partial charge < -0.3 is 15.8 Å². The average Bonchev–Trinajstić information content (AvgIpc) is 2.49. The molecule has 0 aliphatic rings. The molecule has 16 heavy (non-hydrogen) atoms. The monoisotopic (exact) mass is 243 g/mol. The normalized spacial score (nSPS) is 12.8. The maximum absolute atomic E-state index is 5.74. The number of nitrogens with zero attached hydrogens (tertiary/aromatic N) is 1. The summed E-state index contributed by atoms with van der Waals surface area (Å²) in [4.78, 5) is 0. The second kappa shape index (κ2) is 5.94. The van der Waals surface area contributed by atoms with Gasteiger partial charge in [0.05, 0.1) is 6.61 Å². The maximum Gasteiger partial charge on any atom is 0.197 e. The maximum atomic E-state index is 5.74. The smallest absolute Gasteiger partial charge is 0.197 e. The molecule has 0 saturated heterocycles. The van der Waals surface area contributed by atoms with Crippen LogP contribution in [-0.2, 0) is 0 Å². The SMILES string of the molecule is CCOc1c(N)nsc1NC(C)CC(C)C. The van der Waals surface area contributed by atoms with Gasteiger partial charge in [0.15, 0.2) is 16.6 Å². The molecule has 0 saturated carbocycles. The molecule has 0 fully saturated rings. The first kappa shape index (κ1) is 13.1. The minimum atomic E-state index is 0.402. The minimum absolute atomic E-state index is 0.402. The first-order valence-electron chi connectivity index (χ1n) is 5.69. The molecular weight excluding hydrogens is 222 g/mol. The van der Waals surface area contributed by atoms with Gasteiger partial charge in [-0.1, -0.05) is 13.8 Å². The van der Waals surface area contributed by atoms with E-state index in [1.54, 1.807) is 0 Å². The fourth-order valence-electron chi connectivity index (χ4n) is 1.66. The van der Waals surface area contributed by atoms with Crippen molar-refractivity contribution in [3.63, 3.8) is 0 Å². The topological polar surface area (TPSA) is 60.2 Å². The van der Waals surface area contributed by atoms with Gasteiger partial charge in [0.25, 0.3) is 0 Å². The summed E-state index contributed by atoms with van der Waals surface area (Å²) in [6, 6.07) is 0.402. The van der Waals surface area contributed by atoms with Crippen molar-refractivity contribution in [2.75, 3.05) is 17.7 Å². The molecule has 4 nitrogen and oxygen atoms in total. The van der Waals surface area contributed by atoms with Crippen molar-refractivity contribution in [1.29, 1.82) is 0 Å². The number of anilines is 2. The summed E-state index contributed by atoms with van der Waals surface area (Å²) in [5, 5.41) is 4.34. The molecule has 0 spiro atoms. The summed E-state index contributed by atoms with van der Waals surface area (Å²) in [6.45, 7) is 9.13. The molecule has 1 rings (SSSR count). The molecule has 92 valence electrons. The molecule has 0 amide bonds. The number of aromatic nitrogens is 1. The van der Waals surface area contributed by atoms with Crippen LogP contribution in [0.1, 0.15) is 34.1 Å². The third kappa shape index (κ3) is 3.56. The lowest BCUT2D eigenvalue weighted by Gasteiger charge is -2.16. The number of ether oxygens (including phenoxy) is 1. The van der Waals surface area contributed by atoms with Crippen molar-refractivity contribution < 1.29 is 4.74 Å². The van der Waals surface area contributed by atoms with Crippen molar-refractivity contribution >= 4 is 22.4 Å². The molecule has 1 atom stereocenters. The first-order chi connectivity index (χ1) is 7.54. The van der Waals surface area contributed by atoms with Crippen LogP contribution in [-0.4, -0.2) is 17.0 Å². The second-order valence-electron chi connectivity index (χ2n) is 4.33. The van der Waals surface area contributed by atoms with Crippen LogP contribution in [0.3, 0.4) is 0 Å². The molecule has 1 aromatic rings. The van der Waals surface area contributed by atoms with E-state index in [4.69, 9.17) is 10.5 Å². The summed E-state index contributed by atoms with van der Waals surface area (Å²) in [5.41, 5.74) is 5.74. The standard InChI is InChI=1S/C11H21N3OS/c1-5-15-9-10(12)14-16-11(9)13-8(4)6-7(2)3/h7-8,13H,5-6H2,1-4H3,(H2,12,14). The molecule has 3 N–H and O–H groups in total. The molecule has 5 heteroatoms. The van der Waals surface area contributed by atoms with Gasteiger partial charge >= 0.3 is 0 Å². The fourth-order valence-corrected chi connectivity index (χ4v) is 2.43. The van der Waals surface area contributed by atoms with E-state index in [2.05, 4.69) is 30.5 Å². The fraction of sp³-hybridized carbons (Fsp3) is 0.727. The van der Waals surface area contributed by atoms with Crippen molar-refractivity contribution in [2.45, 2.75) is 40.2 Å². The molecule has 1 unspecified atom stereocenters. The lowest BCUT2D eigenvalue weighted by molar-refractivity contribution is 0.343. The van der Waals surface area contributed by atoms with Crippen LogP contribution in [0, 0.1) is 5.92 Å². The molecule has 0 aliphatic carbocycles.